The molecule has 0 saturated carbocycles. The first-order valence-electron chi connectivity index (χ1n) is 3.02. The van der Waals surface area contributed by atoms with E-state index in [-0.39, 0.29) is 0 Å². The Hall–Kier alpha value is -1.01. The van der Waals surface area contributed by atoms with Crippen molar-refractivity contribution in [1.29, 1.82) is 0 Å². The van der Waals surface area contributed by atoms with Gasteiger partial charge in [-0.25, -0.2) is 0 Å². The third-order valence-electron chi connectivity index (χ3n) is 0.793. The van der Waals surface area contributed by atoms with E-state index >= 15 is 0 Å². The fourth-order valence-corrected chi connectivity index (χ4v) is 0.796. The lowest BCUT2D eigenvalue weighted by Crippen LogP contribution is -1.82. The molecule has 2 nitrogen and oxygen atoms in total. The van der Waals surface area contributed by atoms with E-state index in [4.69, 9.17) is 6.42 Å². The molecule has 0 aliphatic rings. The standard InChI is InChI=1S/C8H10N2S/c1-4-7-11-8(2)10-6-5-9-3/h1,5-6H,3,7H2,2H3/b6-5-,10-8?. The molecule has 0 amide bonds. The van der Waals surface area contributed by atoms with Crippen LogP contribution >= 0.6 is 11.8 Å². The van der Waals surface area contributed by atoms with Crippen molar-refractivity contribution >= 4 is 23.5 Å². The molecule has 0 N–H and O–H groups in total. The molecule has 0 aliphatic carbocycles. The fraction of sp³-hybridized carbons (Fsp3) is 0.250. The van der Waals surface area contributed by atoms with E-state index in [1.807, 2.05) is 6.92 Å². The zero-order valence-corrected chi connectivity index (χ0v) is 7.27. The van der Waals surface area contributed by atoms with Crippen LogP contribution in [0.3, 0.4) is 0 Å². The molecule has 58 valence electrons. The van der Waals surface area contributed by atoms with Gasteiger partial charge in [-0.05, 0) is 13.6 Å². The maximum atomic E-state index is 5.06. The Labute approximate surface area is 71.5 Å². The summed E-state index contributed by atoms with van der Waals surface area (Å²) >= 11 is 1.53. The van der Waals surface area contributed by atoms with Gasteiger partial charge in [0.05, 0.1) is 10.8 Å². The number of rotatable bonds is 3. The highest BCUT2D eigenvalue weighted by atomic mass is 32.2. The molecule has 0 heterocycles. The molecule has 0 bridgehead atoms. The van der Waals surface area contributed by atoms with E-state index in [0.717, 1.165) is 5.04 Å². The average molecular weight is 166 g/mol. The zero-order valence-electron chi connectivity index (χ0n) is 6.45. The van der Waals surface area contributed by atoms with Gasteiger partial charge in [-0.2, -0.15) is 0 Å². The van der Waals surface area contributed by atoms with Crippen LogP contribution in [-0.4, -0.2) is 17.5 Å². The third kappa shape index (κ3) is 6.88. The van der Waals surface area contributed by atoms with Crippen LogP contribution in [0.1, 0.15) is 6.92 Å². The minimum absolute atomic E-state index is 0.657. The van der Waals surface area contributed by atoms with Crippen LogP contribution in [0.25, 0.3) is 0 Å². The van der Waals surface area contributed by atoms with Gasteiger partial charge in [-0.15, -0.1) is 6.42 Å². The van der Waals surface area contributed by atoms with Crippen molar-refractivity contribution in [2.45, 2.75) is 6.92 Å². The third-order valence-corrected chi connectivity index (χ3v) is 1.63. The second kappa shape index (κ2) is 7.10. The molecular weight excluding hydrogens is 156 g/mol. The van der Waals surface area contributed by atoms with Gasteiger partial charge in [-0.3, -0.25) is 9.98 Å². The van der Waals surface area contributed by atoms with E-state index in [9.17, 15) is 0 Å². The second-order valence-corrected chi connectivity index (χ2v) is 2.79. The summed E-state index contributed by atoms with van der Waals surface area (Å²) in [4.78, 5) is 7.52. The molecule has 0 aliphatic heterocycles. The lowest BCUT2D eigenvalue weighted by molar-refractivity contribution is 1.49. The first-order chi connectivity index (χ1) is 5.31. The SMILES string of the molecule is C#CCSC(C)=N/C=C\N=C. The summed E-state index contributed by atoms with van der Waals surface area (Å²) in [6.07, 6.45) is 8.18. The van der Waals surface area contributed by atoms with Crippen molar-refractivity contribution < 1.29 is 0 Å². The van der Waals surface area contributed by atoms with Crippen LogP contribution in [0, 0.1) is 12.3 Å². The molecule has 0 aromatic carbocycles. The predicted molar refractivity (Wildman–Crippen MR) is 53.1 cm³/mol. The van der Waals surface area contributed by atoms with Crippen LogP contribution in [0.5, 0.6) is 0 Å². The van der Waals surface area contributed by atoms with Crippen molar-refractivity contribution in [3.05, 3.63) is 12.4 Å². The zero-order chi connectivity index (χ0) is 8.53. The summed E-state index contributed by atoms with van der Waals surface area (Å²) in [7, 11) is 0. The number of terminal acetylenes is 1. The second-order valence-electron chi connectivity index (χ2n) is 1.62. The number of hydrogen-bond acceptors (Lipinski definition) is 3. The molecule has 0 unspecified atom stereocenters. The topological polar surface area (TPSA) is 24.7 Å². The Morgan fingerprint density at radius 3 is 3.00 bits per heavy atom. The molecule has 3 heteroatoms. The number of hydrogen-bond donors (Lipinski definition) is 0. The number of thioether (sulfide) groups is 1. The molecule has 0 radical (unpaired) electrons. The van der Waals surface area contributed by atoms with E-state index in [1.54, 1.807) is 6.20 Å². The lowest BCUT2D eigenvalue weighted by Gasteiger charge is -1.90. The lowest BCUT2D eigenvalue weighted by atomic mass is 10.8. The summed E-state index contributed by atoms with van der Waals surface area (Å²) in [6, 6.07) is 0. The van der Waals surface area contributed by atoms with E-state index in [1.165, 1.54) is 18.0 Å². The van der Waals surface area contributed by atoms with E-state index in [2.05, 4.69) is 22.6 Å². The van der Waals surface area contributed by atoms with Gasteiger partial charge in [0.25, 0.3) is 0 Å². The van der Waals surface area contributed by atoms with Crippen molar-refractivity contribution in [2.75, 3.05) is 5.75 Å². The van der Waals surface area contributed by atoms with Gasteiger partial charge in [0, 0.05) is 12.4 Å². The minimum atomic E-state index is 0.657. The summed E-state index contributed by atoms with van der Waals surface area (Å²) in [5, 5.41) is 0.933. The van der Waals surface area contributed by atoms with Gasteiger partial charge in [0.1, 0.15) is 0 Å². The summed E-state index contributed by atoms with van der Waals surface area (Å²) in [5.74, 6) is 3.17. The Morgan fingerprint density at radius 2 is 2.45 bits per heavy atom. The summed E-state index contributed by atoms with van der Waals surface area (Å²) < 4.78 is 0. The molecule has 0 spiro atoms. The molecule has 0 atom stereocenters. The van der Waals surface area contributed by atoms with Gasteiger partial charge >= 0.3 is 0 Å². The molecule has 0 aromatic heterocycles. The highest BCUT2D eigenvalue weighted by Gasteiger charge is 1.85. The van der Waals surface area contributed by atoms with Gasteiger partial charge in [0.15, 0.2) is 0 Å². The van der Waals surface area contributed by atoms with Crippen molar-refractivity contribution in [2.24, 2.45) is 9.98 Å². The van der Waals surface area contributed by atoms with Crippen LogP contribution in [0.2, 0.25) is 0 Å². The smallest absolute Gasteiger partial charge is 0.0710 e. The Bertz CT molecular complexity index is 211. The maximum Gasteiger partial charge on any atom is 0.0710 e. The van der Waals surface area contributed by atoms with Gasteiger partial charge in [0.2, 0.25) is 0 Å². The molecule has 11 heavy (non-hydrogen) atoms. The summed E-state index contributed by atoms with van der Waals surface area (Å²) in [5.41, 5.74) is 0. The first kappa shape index (κ1) is 9.99. The van der Waals surface area contributed by atoms with E-state index in [0.29, 0.717) is 5.75 Å². The molecule has 0 aromatic rings. The minimum Gasteiger partial charge on any atom is -0.271 e. The molecule has 0 saturated heterocycles. The van der Waals surface area contributed by atoms with Crippen LogP contribution < -0.4 is 0 Å². The van der Waals surface area contributed by atoms with Crippen LogP contribution in [0.15, 0.2) is 22.4 Å². The van der Waals surface area contributed by atoms with Gasteiger partial charge < -0.3 is 0 Å². The van der Waals surface area contributed by atoms with Crippen LogP contribution in [0.4, 0.5) is 0 Å². The summed E-state index contributed by atoms with van der Waals surface area (Å²) in [6.45, 7) is 5.17. The number of nitrogens with zero attached hydrogens (tertiary/aromatic N) is 2. The van der Waals surface area contributed by atoms with Crippen LogP contribution in [-0.2, 0) is 0 Å². The molecular formula is C8H10N2S. The predicted octanol–water partition coefficient (Wildman–Crippen LogP) is 1.94. The maximum absolute atomic E-state index is 5.06. The highest BCUT2D eigenvalue weighted by molar-refractivity contribution is 8.14. The van der Waals surface area contributed by atoms with Crippen molar-refractivity contribution in [3.8, 4) is 12.3 Å². The van der Waals surface area contributed by atoms with E-state index < -0.39 is 0 Å². The average Bonchev–Trinajstić information content (AvgIpc) is 2.01. The Kier molecular flexibility index (Phi) is 6.45. The van der Waals surface area contributed by atoms with Crippen molar-refractivity contribution in [3.63, 3.8) is 0 Å². The first-order valence-corrected chi connectivity index (χ1v) is 4.01. The number of aliphatic imine (C=N–C) groups is 2. The fourth-order valence-electron chi connectivity index (χ4n) is 0.369. The Morgan fingerprint density at radius 1 is 1.73 bits per heavy atom. The molecule has 0 fully saturated rings. The van der Waals surface area contributed by atoms with Gasteiger partial charge in [-0.1, -0.05) is 17.7 Å². The normalized spacial score (nSPS) is 11.5. The molecule has 0 rings (SSSR count). The Balaban J connectivity index is 3.72. The monoisotopic (exact) mass is 166 g/mol. The highest BCUT2D eigenvalue weighted by Crippen LogP contribution is 2.01. The van der Waals surface area contributed by atoms with Crippen molar-refractivity contribution in [1.82, 2.24) is 0 Å². The quantitative estimate of drug-likeness (QED) is 0.357. The largest absolute Gasteiger partial charge is 0.271 e.